The van der Waals surface area contributed by atoms with Crippen molar-refractivity contribution in [1.29, 1.82) is 0 Å². The summed E-state index contributed by atoms with van der Waals surface area (Å²) in [7, 11) is 0. The van der Waals surface area contributed by atoms with Crippen LogP contribution in [0.3, 0.4) is 0 Å². The van der Waals surface area contributed by atoms with Crippen molar-refractivity contribution < 1.29 is 9.90 Å². The summed E-state index contributed by atoms with van der Waals surface area (Å²) in [6.45, 7) is 12.3. The molecule has 0 spiro atoms. The fraction of sp³-hybridized carbons (Fsp3) is 0.917. The lowest BCUT2D eigenvalue weighted by molar-refractivity contribution is -0.160. The number of hydrogen-bond donors (Lipinski definition) is 1. The molecule has 0 bridgehead atoms. The summed E-state index contributed by atoms with van der Waals surface area (Å²) in [6.07, 6.45) is 1.40. The third-order valence-electron chi connectivity index (χ3n) is 4.29. The zero-order chi connectivity index (χ0) is 11.6. The van der Waals surface area contributed by atoms with Gasteiger partial charge < -0.3 is 5.11 Å². The lowest BCUT2D eigenvalue weighted by Crippen LogP contribution is -2.46. The van der Waals surface area contributed by atoms with E-state index in [-0.39, 0.29) is 5.41 Å². The van der Waals surface area contributed by atoms with Gasteiger partial charge in [0.05, 0.1) is 5.41 Å². The van der Waals surface area contributed by atoms with Crippen LogP contribution >= 0.6 is 0 Å². The van der Waals surface area contributed by atoms with Crippen molar-refractivity contribution in [2.75, 3.05) is 0 Å². The molecule has 0 aromatic carbocycles. The maximum absolute atomic E-state index is 11.4. The summed E-state index contributed by atoms with van der Waals surface area (Å²) in [5.74, 6) is -0.278. The predicted octanol–water partition coefficient (Wildman–Crippen LogP) is 3.56. The van der Waals surface area contributed by atoms with E-state index in [1.165, 1.54) is 0 Å². The minimum absolute atomic E-state index is 0.164. The zero-order valence-corrected chi connectivity index (χ0v) is 10.3. The van der Waals surface area contributed by atoms with Crippen molar-refractivity contribution in [1.82, 2.24) is 0 Å². The highest BCUT2D eigenvalue weighted by Gasteiger charge is 2.49. The SMILES string of the molecule is CCC(CC)(C(=O)O)C(C)(C)C(C)C. The third kappa shape index (κ3) is 1.79. The second-order valence-electron chi connectivity index (χ2n) is 4.97. The molecular formula is C12H24O2. The second-order valence-corrected chi connectivity index (χ2v) is 4.97. The first-order chi connectivity index (χ1) is 6.26. The van der Waals surface area contributed by atoms with Gasteiger partial charge in [0.25, 0.3) is 0 Å². The van der Waals surface area contributed by atoms with Gasteiger partial charge in [0, 0.05) is 0 Å². The minimum Gasteiger partial charge on any atom is -0.481 e. The average molecular weight is 200 g/mol. The lowest BCUT2D eigenvalue weighted by Gasteiger charge is -2.45. The molecule has 0 saturated carbocycles. The van der Waals surface area contributed by atoms with Crippen LogP contribution in [0.1, 0.15) is 54.4 Å². The van der Waals surface area contributed by atoms with E-state index in [9.17, 15) is 9.90 Å². The van der Waals surface area contributed by atoms with E-state index >= 15 is 0 Å². The Balaban J connectivity index is 5.28. The summed E-state index contributed by atoms with van der Waals surface area (Å²) in [4.78, 5) is 11.4. The smallest absolute Gasteiger partial charge is 0.310 e. The van der Waals surface area contributed by atoms with Crippen LogP contribution in [0, 0.1) is 16.7 Å². The third-order valence-corrected chi connectivity index (χ3v) is 4.29. The largest absolute Gasteiger partial charge is 0.481 e. The molecule has 2 heteroatoms. The topological polar surface area (TPSA) is 37.3 Å². The van der Waals surface area contributed by atoms with Crippen molar-refractivity contribution in [2.24, 2.45) is 16.7 Å². The van der Waals surface area contributed by atoms with Gasteiger partial charge >= 0.3 is 5.97 Å². The van der Waals surface area contributed by atoms with Crippen LogP contribution in [-0.2, 0) is 4.79 Å². The van der Waals surface area contributed by atoms with E-state index in [0.717, 1.165) is 0 Å². The minimum atomic E-state index is -0.652. The molecule has 0 unspecified atom stereocenters. The van der Waals surface area contributed by atoms with Gasteiger partial charge in [0.2, 0.25) is 0 Å². The summed E-state index contributed by atoms with van der Waals surface area (Å²) in [5, 5.41) is 9.41. The molecule has 0 aromatic rings. The molecule has 0 rings (SSSR count). The maximum Gasteiger partial charge on any atom is 0.310 e. The first kappa shape index (κ1) is 13.5. The molecule has 1 N–H and O–H groups in total. The molecule has 0 radical (unpaired) electrons. The van der Waals surface area contributed by atoms with Gasteiger partial charge in [-0.05, 0) is 24.2 Å². The van der Waals surface area contributed by atoms with E-state index in [4.69, 9.17) is 0 Å². The Morgan fingerprint density at radius 2 is 1.57 bits per heavy atom. The first-order valence-corrected chi connectivity index (χ1v) is 5.49. The van der Waals surface area contributed by atoms with Crippen molar-refractivity contribution in [3.63, 3.8) is 0 Å². The van der Waals surface area contributed by atoms with E-state index < -0.39 is 11.4 Å². The number of carboxylic acid groups (broad SMARTS) is 1. The van der Waals surface area contributed by atoms with Crippen molar-refractivity contribution in [2.45, 2.75) is 54.4 Å². The van der Waals surface area contributed by atoms with Crippen LogP contribution in [0.2, 0.25) is 0 Å². The molecule has 0 aliphatic rings. The van der Waals surface area contributed by atoms with Crippen LogP contribution in [0.5, 0.6) is 0 Å². The Morgan fingerprint density at radius 3 is 1.64 bits per heavy atom. The van der Waals surface area contributed by atoms with E-state index in [0.29, 0.717) is 18.8 Å². The summed E-state index contributed by atoms with van der Waals surface area (Å²) < 4.78 is 0. The summed E-state index contributed by atoms with van der Waals surface area (Å²) >= 11 is 0. The van der Waals surface area contributed by atoms with Crippen molar-refractivity contribution in [3.8, 4) is 0 Å². The summed E-state index contributed by atoms with van der Waals surface area (Å²) in [6, 6.07) is 0. The number of carboxylic acids is 1. The maximum atomic E-state index is 11.4. The standard InChI is InChI=1S/C12H24O2/c1-7-12(8-2,10(13)14)11(5,6)9(3)4/h9H,7-8H2,1-6H3,(H,13,14). The molecule has 84 valence electrons. The van der Waals surface area contributed by atoms with Crippen molar-refractivity contribution in [3.05, 3.63) is 0 Å². The van der Waals surface area contributed by atoms with E-state index in [1.54, 1.807) is 0 Å². The van der Waals surface area contributed by atoms with Gasteiger partial charge in [0.15, 0.2) is 0 Å². The van der Waals surface area contributed by atoms with Crippen LogP contribution in [0.25, 0.3) is 0 Å². The van der Waals surface area contributed by atoms with E-state index in [1.807, 2.05) is 13.8 Å². The fourth-order valence-corrected chi connectivity index (χ4v) is 2.29. The lowest BCUT2D eigenvalue weighted by atomic mass is 9.57. The molecule has 0 atom stereocenters. The Morgan fingerprint density at radius 1 is 1.21 bits per heavy atom. The van der Waals surface area contributed by atoms with E-state index in [2.05, 4.69) is 27.7 Å². The first-order valence-electron chi connectivity index (χ1n) is 5.49. The number of aliphatic carboxylic acids is 1. The van der Waals surface area contributed by atoms with Crippen LogP contribution in [-0.4, -0.2) is 11.1 Å². The molecule has 0 heterocycles. The molecule has 2 nitrogen and oxygen atoms in total. The number of carbonyl (C=O) groups is 1. The molecule has 0 saturated heterocycles. The Labute approximate surface area is 87.7 Å². The van der Waals surface area contributed by atoms with Gasteiger partial charge in [-0.1, -0.05) is 41.5 Å². The monoisotopic (exact) mass is 200 g/mol. The van der Waals surface area contributed by atoms with Gasteiger partial charge in [-0.25, -0.2) is 0 Å². The second kappa shape index (κ2) is 4.33. The highest BCUT2D eigenvalue weighted by Crippen LogP contribution is 2.49. The predicted molar refractivity (Wildman–Crippen MR) is 59.3 cm³/mol. The fourth-order valence-electron chi connectivity index (χ4n) is 2.29. The Hall–Kier alpha value is -0.530. The highest BCUT2D eigenvalue weighted by atomic mass is 16.4. The van der Waals surface area contributed by atoms with Gasteiger partial charge in [-0.3, -0.25) is 4.79 Å². The van der Waals surface area contributed by atoms with Gasteiger partial charge in [-0.2, -0.15) is 0 Å². The Bertz CT molecular complexity index is 200. The highest BCUT2D eigenvalue weighted by molar-refractivity contribution is 5.75. The van der Waals surface area contributed by atoms with Crippen molar-refractivity contribution >= 4 is 5.97 Å². The number of hydrogen-bond acceptors (Lipinski definition) is 1. The molecule has 0 fully saturated rings. The summed E-state index contributed by atoms with van der Waals surface area (Å²) in [5.41, 5.74) is -0.747. The normalized spacial score (nSPS) is 13.4. The molecule has 0 amide bonds. The molecule has 0 aromatic heterocycles. The average Bonchev–Trinajstić information content (AvgIpc) is 2.05. The molecule has 14 heavy (non-hydrogen) atoms. The zero-order valence-electron chi connectivity index (χ0n) is 10.3. The Kier molecular flexibility index (Phi) is 4.16. The van der Waals surface area contributed by atoms with Crippen LogP contribution in [0.4, 0.5) is 0 Å². The van der Waals surface area contributed by atoms with Gasteiger partial charge in [-0.15, -0.1) is 0 Å². The van der Waals surface area contributed by atoms with Crippen LogP contribution in [0.15, 0.2) is 0 Å². The van der Waals surface area contributed by atoms with Crippen LogP contribution < -0.4 is 0 Å². The van der Waals surface area contributed by atoms with Gasteiger partial charge in [0.1, 0.15) is 0 Å². The molecule has 0 aliphatic carbocycles. The quantitative estimate of drug-likeness (QED) is 0.736. The number of rotatable bonds is 5. The molecule has 0 aliphatic heterocycles. The molecular weight excluding hydrogens is 176 g/mol.